The third-order valence-corrected chi connectivity index (χ3v) is 3.09. The van der Waals surface area contributed by atoms with Gasteiger partial charge in [0.25, 0.3) is 0 Å². The molecule has 2 rings (SSSR count). The van der Waals surface area contributed by atoms with Crippen molar-refractivity contribution in [3.63, 3.8) is 0 Å². The zero-order chi connectivity index (χ0) is 11.5. The summed E-state index contributed by atoms with van der Waals surface area (Å²) in [4.78, 5) is 2.79. The average Bonchev–Trinajstić information content (AvgIpc) is 2.61. The third kappa shape index (κ3) is 2.17. The predicted molar refractivity (Wildman–Crippen MR) is 61.3 cm³/mol. The standard InChI is InChI=1S/C12H14FN3/c1-8(15-16-14)6-10-3-2-9-4-5-11(13)7-12(9)10/h2-3,7-8,10H,4-6H2,1H3/t8-,10?/m0/s1. The minimum atomic E-state index is -0.0510. The molecule has 3 nitrogen and oxygen atoms in total. The Kier molecular flexibility index (Phi) is 3.11. The van der Waals surface area contributed by atoms with Crippen LogP contribution in [0.25, 0.3) is 10.4 Å². The monoisotopic (exact) mass is 219 g/mol. The number of rotatable bonds is 3. The van der Waals surface area contributed by atoms with E-state index in [0.29, 0.717) is 6.42 Å². The van der Waals surface area contributed by atoms with Crippen molar-refractivity contribution in [3.8, 4) is 0 Å². The van der Waals surface area contributed by atoms with Crippen LogP contribution in [0.3, 0.4) is 0 Å². The predicted octanol–water partition coefficient (Wildman–Crippen LogP) is 4.21. The van der Waals surface area contributed by atoms with Crippen LogP contribution < -0.4 is 0 Å². The molecule has 0 aliphatic heterocycles. The lowest BCUT2D eigenvalue weighted by atomic mass is 9.90. The molecule has 0 aromatic heterocycles. The average molecular weight is 219 g/mol. The van der Waals surface area contributed by atoms with Gasteiger partial charge in [0.15, 0.2) is 0 Å². The molecule has 0 aromatic rings. The Morgan fingerprint density at radius 2 is 2.44 bits per heavy atom. The highest BCUT2D eigenvalue weighted by atomic mass is 19.1. The molecule has 4 heteroatoms. The fourth-order valence-corrected chi connectivity index (χ4v) is 2.30. The quantitative estimate of drug-likeness (QED) is 0.388. The topological polar surface area (TPSA) is 48.8 Å². The molecule has 0 bridgehead atoms. The number of halogens is 1. The van der Waals surface area contributed by atoms with Gasteiger partial charge in [0, 0.05) is 23.3 Å². The minimum Gasteiger partial charge on any atom is -0.212 e. The van der Waals surface area contributed by atoms with Gasteiger partial charge in [-0.2, -0.15) is 0 Å². The molecule has 1 unspecified atom stereocenters. The van der Waals surface area contributed by atoms with Crippen LogP contribution in [-0.2, 0) is 0 Å². The highest BCUT2D eigenvalue weighted by molar-refractivity contribution is 5.46. The number of hydrogen-bond acceptors (Lipinski definition) is 1. The molecular weight excluding hydrogens is 205 g/mol. The largest absolute Gasteiger partial charge is 0.212 e. The van der Waals surface area contributed by atoms with Crippen LogP contribution in [-0.4, -0.2) is 6.04 Å². The van der Waals surface area contributed by atoms with Crippen LogP contribution >= 0.6 is 0 Å². The summed E-state index contributed by atoms with van der Waals surface area (Å²) in [7, 11) is 0. The second kappa shape index (κ2) is 4.54. The van der Waals surface area contributed by atoms with Crippen molar-refractivity contribution >= 4 is 0 Å². The summed E-state index contributed by atoms with van der Waals surface area (Å²) >= 11 is 0. The first-order chi connectivity index (χ1) is 7.70. The van der Waals surface area contributed by atoms with Crippen LogP contribution in [0, 0.1) is 5.92 Å². The number of nitrogens with zero attached hydrogens (tertiary/aromatic N) is 3. The fraction of sp³-hybridized carbons (Fsp3) is 0.500. The van der Waals surface area contributed by atoms with Crippen molar-refractivity contribution in [1.29, 1.82) is 0 Å². The van der Waals surface area contributed by atoms with Crippen LogP contribution in [0.1, 0.15) is 26.2 Å². The molecule has 0 radical (unpaired) electrons. The SMILES string of the molecule is C[C@@H](CC1C=CC2=C1C=C(F)CC2)N=[N+]=[N-]. The van der Waals surface area contributed by atoms with E-state index in [9.17, 15) is 4.39 Å². The van der Waals surface area contributed by atoms with Gasteiger partial charge in [0.05, 0.1) is 0 Å². The molecule has 0 spiro atoms. The van der Waals surface area contributed by atoms with Crippen LogP contribution in [0.15, 0.2) is 40.3 Å². The Morgan fingerprint density at radius 1 is 1.62 bits per heavy atom. The van der Waals surface area contributed by atoms with Gasteiger partial charge in [0.1, 0.15) is 5.83 Å². The van der Waals surface area contributed by atoms with Gasteiger partial charge in [-0.3, -0.25) is 0 Å². The van der Waals surface area contributed by atoms with Gasteiger partial charge in [-0.05, 0) is 35.6 Å². The lowest BCUT2D eigenvalue weighted by Crippen LogP contribution is -2.08. The second-order valence-electron chi connectivity index (χ2n) is 4.33. The molecule has 16 heavy (non-hydrogen) atoms. The van der Waals surface area contributed by atoms with Crippen LogP contribution in [0.5, 0.6) is 0 Å². The normalized spacial score (nSPS) is 24.9. The Balaban J connectivity index is 2.11. The van der Waals surface area contributed by atoms with Crippen molar-refractivity contribution in [2.24, 2.45) is 11.0 Å². The molecule has 2 atom stereocenters. The van der Waals surface area contributed by atoms with Crippen molar-refractivity contribution in [3.05, 3.63) is 45.6 Å². The highest BCUT2D eigenvalue weighted by Crippen LogP contribution is 2.37. The first kappa shape index (κ1) is 11.0. The number of allylic oxidation sites excluding steroid dienone is 6. The summed E-state index contributed by atoms with van der Waals surface area (Å²) in [6.07, 6.45) is 7.87. The maximum atomic E-state index is 13.2. The van der Waals surface area contributed by atoms with Gasteiger partial charge in [-0.1, -0.05) is 24.2 Å². The molecule has 84 valence electrons. The lowest BCUT2D eigenvalue weighted by Gasteiger charge is -2.17. The Morgan fingerprint density at radius 3 is 3.19 bits per heavy atom. The fourth-order valence-electron chi connectivity index (χ4n) is 2.30. The first-order valence-electron chi connectivity index (χ1n) is 5.52. The Labute approximate surface area is 94.0 Å². The van der Waals surface area contributed by atoms with E-state index in [1.54, 1.807) is 6.08 Å². The molecule has 2 aliphatic rings. The van der Waals surface area contributed by atoms with Gasteiger partial charge >= 0.3 is 0 Å². The van der Waals surface area contributed by atoms with E-state index >= 15 is 0 Å². The molecule has 0 amide bonds. The van der Waals surface area contributed by atoms with E-state index in [-0.39, 0.29) is 17.8 Å². The van der Waals surface area contributed by atoms with Crippen LogP contribution in [0.2, 0.25) is 0 Å². The van der Waals surface area contributed by atoms with E-state index in [1.165, 1.54) is 5.57 Å². The third-order valence-electron chi connectivity index (χ3n) is 3.09. The summed E-state index contributed by atoms with van der Waals surface area (Å²) in [5.41, 5.74) is 10.7. The smallest absolute Gasteiger partial charge is 0.101 e. The molecule has 0 aromatic carbocycles. The zero-order valence-corrected chi connectivity index (χ0v) is 9.23. The molecule has 0 N–H and O–H groups in total. The molecule has 0 heterocycles. The minimum absolute atomic E-state index is 0.0381. The molecule has 2 aliphatic carbocycles. The number of azide groups is 1. The van der Waals surface area contributed by atoms with E-state index in [4.69, 9.17) is 5.53 Å². The summed E-state index contributed by atoms with van der Waals surface area (Å²) in [6.45, 7) is 1.88. The first-order valence-corrected chi connectivity index (χ1v) is 5.52. The molecule has 0 fully saturated rings. The molecular formula is C12H14FN3. The van der Waals surface area contributed by atoms with E-state index in [2.05, 4.69) is 22.2 Å². The number of hydrogen-bond donors (Lipinski definition) is 0. The summed E-state index contributed by atoms with van der Waals surface area (Å²) < 4.78 is 13.2. The van der Waals surface area contributed by atoms with Crippen LogP contribution in [0.4, 0.5) is 4.39 Å². The van der Waals surface area contributed by atoms with Crippen molar-refractivity contribution in [2.75, 3.05) is 0 Å². The highest BCUT2D eigenvalue weighted by Gasteiger charge is 2.23. The van der Waals surface area contributed by atoms with Crippen molar-refractivity contribution < 1.29 is 4.39 Å². The summed E-state index contributed by atoms with van der Waals surface area (Å²) in [5.74, 6) is 0.172. The van der Waals surface area contributed by atoms with E-state index < -0.39 is 0 Å². The van der Waals surface area contributed by atoms with Crippen molar-refractivity contribution in [1.82, 2.24) is 0 Å². The summed E-state index contributed by atoms with van der Waals surface area (Å²) in [5, 5.41) is 3.65. The Hall–Kier alpha value is -1.54. The maximum Gasteiger partial charge on any atom is 0.101 e. The Bertz CT molecular complexity index is 428. The maximum absolute atomic E-state index is 13.2. The molecule has 0 saturated carbocycles. The zero-order valence-electron chi connectivity index (χ0n) is 9.23. The van der Waals surface area contributed by atoms with E-state index in [1.807, 2.05) is 6.92 Å². The van der Waals surface area contributed by atoms with Gasteiger partial charge in [-0.25, -0.2) is 4.39 Å². The van der Waals surface area contributed by atoms with Gasteiger partial charge < -0.3 is 0 Å². The van der Waals surface area contributed by atoms with Gasteiger partial charge in [-0.15, -0.1) is 0 Å². The van der Waals surface area contributed by atoms with Crippen molar-refractivity contribution in [2.45, 2.75) is 32.2 Å². The van der Waals surface area contributed by atoms with Gasteiger partial charge in [0.2, 0.25) is 0 Å². The second-order valence-corrected chi connectivity index (χ2v) is 4.33. The lowest BCUT2D eigenvalue weighted by molar-refractivity contribution is 0.557. The molecule has 0 saturated heterocycles. The summed E-state index contributed by atoms with van der Waals surface area (Å²) in [6, 6.07) is -0.0510. The van der Waals surface area contributed by atoms with E-state index in [0.717, 1.165) is 18.4 Å².